The molecule has 62 valence electrons. The molecule has 0 aliphatic carbocycles. The number of hydrogen-bond donors (Lipinski definition) is 1. The molecule has 0 radical (unpaired) electrons. The molecule has 1 aliphatic rings. The lowest BCUT2D eigenvalue weighted by molar-refractivity contribution is 0.336. The second kappa shape index (κ2) is 3.24. The highest BCUT2D eigenvalue weighted by Crippen LogP contribution is 2.02. The van der Waals surface area contributed by atoms with Gasteiger partial charge in [0.2, 0.25) is 0 Å². The van der Waals surface area contributed by atoms with E-state index in [1.54, 1.807) is 0 Å². The molecule has 0 amide bonds. The lowest BCUT2D eigenvalue weighted by Crippen LogP contribution is -2.39. The summed E-state index contributed by atoms with van der Waals surface area (Å²) in [7, 11) is -2.24. The molecule has 0 aromatic rings. The Labute approximate surface area is 67.8 Å². The van der Waals surface area contributed by atoms with Crippen LogP contribution in [0.2, 0.25) is 0 Å². The monoisotopic (exact) mass is 172 g/mol. The summed E-state index contributed by atoms with van der Waals surface area (Å²) >= 11 is 0. The van der Waals surface area contributed by atoms with E-state index in [1.165, 1.54) is 0 Å². The van der Waals surface area contributed by atoms with Gasteiger partial charge in [-0.05, 0) is 0 Å². The highest BCUT2D eigenvalue weighted by atomic mass is 32.2. The van der Waals surface area contributed by atoms with Gasteiger partial charge >= 0.3 is 0 Å². The van der Waals surface area contributed by atoms with Crippen molar-refractivity contribution in [1.29, 1.82) is 4.78 Å². The average Bonchev–Trinajstić information content (AvgIpc) is 1.94. The molecule has 1 aliphatic heterocycles. The Bertz CT molecular complexity index is 249. The van der Waals surface area contributed by atoms with Crippen molar-refractivity contribution in [2.75, 3.05) is 31.1 Å². The summed E-state index contributed by atoms with van der Waals surface area (Å²) in [5.74, 6) is 3.50. The molecule has 0 saturated carbocycles. The van der Waals surface area contributed by atoms with Crippen LogP contribution < -0.4 is 0 Å². The molecule has 0 atom stereocenters. The van der Waals surface area contributed by atoms with Crippen LogP contribution in [0.3, 0.4) is 0 Å². The predicted octanol–water partition coefficient (Wildman–Crippen LogP) is -0.0180. The van der Waals surface area contributed by atoms with Crippen LogP contribution in [0.25, 0.3) is 0 Å². The quantitative estimate of drug-likeness (QED) is 0.565. The van der Waals surface area contributed by atoms with Gasteiger partial charge in [0.25, 0.3) is 0 Å². The number of terminal acetylenes is 1. The van der Waals surface area contributed by atoms with Gasteiger partial charge in [-0.15, -0.1) is 6.42 Å². The minimum absolute atomic E-state index is 0.481. The zero-order valence-corrected chi connectivity index (χ0v) is 7.19. The normalized spacial score (nSPS) is 24.3. The first-order chi connectivity index (χ1) is 5.14. The van der Waals surface area contributed by atoms with Crippen molar-refractivity contribution < 1.29 is 4.21 Å². The maximum atomic E-state index is 11.1. The van der Waals surface area contributed by atoms with Crippen LogP contribution in [0.4, 0.5) is 0 Å². The van der Waals surface area contributed by atoms with Crippen LogP contribution in [-0.4, -0.2) is 40.2 Å². The second-order valence-electron chi connectivity index (χ2n) is 2.70. The number of nitrogens with one attached hydrogen (secondary N) is 1. The van der Waals surface area contributed by atoms with E-state index in [0.717, 1.165) is 0 Å². The molecule has 1 N–H and O–H groups in total. The first-order valence-electron chi connectivity index (χ1n) is 3.54. The smallest absolute Gasteiger partial charge is 0.0599 e. The van der Waals surface area contributed by atoms with Crippen LogP contribution in [0.5, 0.6) is 0 Å². The number of hydrogen-bond acceptors (Lipinski definition) is 3. The van der Waals surface area contributed by atoms with Crippen molar-refractivity contribution >= 4 is 9.73 Å². The van der Waals surface area contributed by atoms with E-state index >= 15 is 0 Å². The molecule has 1 fully saturated rings. The highest BCUT2D eigenvalue weighted by Gasteiger charge is 2.17. The molecule has 0 bridgehead atoms. The van der Waals surface area contributed by atoms with Gasteiger partial charge in [0, 0.05) is 34.3 Å². The van der Waals surface area contributed by atoms with Gasteiger partial charge in [-0.25, -0.2) is 4.21 Å². The summed E-state index contributed by atoms with van der Waals surface area (Å²) in [6, 6.07) is 0. The van der Waals surface area contributed by atoms with E-state index in [0.29, 0.717) is 31.1 Å². The molecule has 1 heterocycles. The zero-order chi connectivity index (χ0) is 8.32. The van der Waals surface area contributed by atoms with Gasteiger partial charge < -0.3 is 0 Å². The Hall–Kier alpha value is -0.530. The molecule has 0 unspecified atom stereocenters. The summed E-state index contributed by atoms with van der Waals surface area (Å²) in [6.07, 6.45) is 5.12. The molecular formula is C7H12N2OS. The molecule has 11 heavy (non-hydrogen) atoms. The van der Waals surface area contributed by atoms with Crippen LogP contribution in [-0.2, 0) is 9.73 Å². The Morgan fingerprint density at radius 2 is 2.09 bits per heavy atom. The van der Waals surface area contributed by atoms with Crippen molar-refractivity contribution in [3.63, 3.8) is 0 Å². The summed E-state index contributed by atoms with van der Waals surface area (Å²) in [4.78, 5) is 2.05. The topological polar surface area (TPSA) is 44.2 Å². The lowest BCUT2D eigenvalue weighted by Gasteiger charge is -2.25. The maximum Gasteiger partial charge on any atom is 0.0599 e. The lowest BCUT2D eigenvalue weighted by atomic mass is 10.5. The Morgan fingerprint density at radius 1 is 1.55 bits per heavy atom. The predicted molar refractivity (Wildman–Crippen MR) is 45.9 cm³/mol. The number of rotatable bonds is 1. The first kappa shape index (κ1) is 8.57. The van der Waals surface area contributed by atoms with Gasteiger partial charge in [-0.2, -0.15) is 0 Å². The molecule has 4 heteroatoms. The molecular weight excluding hydrogens is 160 g/mol. The van der Waals surface area contributed by atoms with Gasteiger partial charge in [-0.1, -0.05) is 5.92 Å². The van der Waals surface area contributed by atoms with E-state index in [1.807, 2.05) is 0 Å². The Balaban J connectivity index is 2.44. The summed E-state index contributed by atoms with van der Waals surface area (Å²) in [5.41, 5.74) is 0. The first-order valence-corrected chi connectivity index (χ1v) is 5.44. The summed E-state index contributed by atoms with van der Waals surface area (Å²) < 4.78 is 18.4. The minimum atomic E-state index is -2.24. The number of nitrogens with zero attached hydrogens (tertiary/aromatic N) is 1. The van der Waals surface area contributed by atoms with Crippen molar-refractivity contribution in [2.24, 2.45) is 0 Å². The van der Waals surface area contributed by atoms with Crippen LogP contribution >= 0.6 is 0 Å². The van der Waals surface area contributed by atoms with Gasteiger partial charge in [0.1, 0.15) is 0 Å². The molecule has 0 aromatic carbocycles. The van der Waals surface area contributed by atoms with Crippen molar-refractivity contribution in [3.05, 3.63) is 0 Å². The molecule has 0 aromatic heterocycles. The minimum Gasteiger partial charge on any atom is -0.290 e. The van der Waals surface area contributed by atoms with Crippen molar-refractivity contribution in [3.8, 4) is 12.3 Å². The van der Waals surface area contributed by atoms with Gasteiger partial charge in [0.05, 0.1) is 6.54 Å². The molecule has 0 spiro atoms. The van der Waals surface area contributed by atoms with E-state index < -0.39 is 9.73 Å². The summed E-state index contributed by atoms with van der Waals surface area (Å²) in [5, 5.41) is 0. The fourth-order valence-electron chi connectivity index (χ4n) is 1.05. The molecule has 1 saturated heterocycles. The Morgan fingerprint density at radius 3 is 2.55 bits per heavy atom. The largest absolute Gasteiger partial charge is 0.290 e. The molecule has 1 rings (SSSR count). The zero-order valence-electron chi connectivity index (χ0n) is 6.38. The van der Waals surface area contributed by atoms with E-state index in [2.05, 4.69) is 10.8 Å². The van der Waals surface area contributed by atoms with E-state index in [-0.39, 0.29) is 0 Å². The van der Waals surface area contributed by atoms with E-state index in [4.69, 9.17) is 11.2 Å². The van der Waals surface area contributed by atoms with Gasteiger partial charge in [-0.3, -0.25) is 9.68 Å². The third-order valence-electron chi connectivity index (χ3n) is 1.79. The third-order valence-corrected chi connectivity index (χ3v) is 3.47. The van der Waals surface area contributed by atoms with Crippen LogP contribution in [0.15, 0.2) is 0 Å². The highest BCUT2D eigenvalue weighted by molar-refractivity contribution is 7.92. The average molecular weight is 172 g/mol. The fourth-order valence-corrected chi connectivity index (χ4v) is 2.36. The van der Waals surface area contributed by atoms with Crippen molar-refractivity contribution in [2.45, 2.75) is 0 Å². The SMILES string of the molecule is C#CCN1CCS(=N)(=O)CC1. The van der Waals surface area contributed by atoms with Gasteiger partial charge in [0.15, 0.2) is 0 Å². The summed E-state index contributed by atoms with van der Waals surface area (Å²) in [6.45, 7) is 2.05. The van der Waals surface area contributed by atoms with Crippen molar-refractivity contribution in [1.82, 2.24) is 4.90 Å². The third kappa shape index (κ3) is 2.52. The molecule has 3 nitrogen and oxygen atoms in total. The van der Waals surface area contributed by atoms with Crippen LogP contribution in [0.1, 0.15) is 0 Å². The Kier molecular flexibility index (Phi) is 2.53. The van der Waals surface area contributed by atoms with E-state index in [9.17, 15) is 4.21 Å². The fraction of sp³-hybridized carbons (Fsp3) is 0.714. The second-order valence-corrected chi connectivity index (χ2v) is 5.14. The van der Waals surface area contributed by atoms with Crippen LogP contribution in [0, 0.1) is 17.1 Å². The maximum absolute atomic E-state index is 11.1. The standard InChI is InChI=1S/C7H12N2OS/c1-2-3-9-4-6-11(8,10)7-5-9/h1,8H,3-7H2.